The molecule has 0 aromatic heterocycles. The van der Waals surface area contributed by atoms with Crippen molar-refractivity contribution in [3.63, 3.8) is 0 Å². The van der Waals surface area contributed by atoms with Crippen LogP contribution in [0.25, 0.3) is 0 Å². The molecule has 2 N–H and O–H groups in total. The highest BCUT2D eigenvalue weighted by molar-refractivity contribution is 5.37. The van der Waals surface area contributed by atoms with E-state index in [0.717, 1.165) is 38.3 Å². The molecule has 3 rings (SSSR count). The lowest BCUT2D eigenvalue weighted by molar-refractivity contribution is 0.204. The third-order valence-electron chi connectivity index (χ3n) is 4.86. The van der Waals surface area contributed by atoms with Crippen molar-refractivity contribution in [3.05, 3.63) is 29.3 Å². The number of fused-ring (bicyclic) bond motifs is 1. The van der Waals surface area contributed by atoms with Crippen molar-refractivity contribution in [1.82, 2.24) is 9.80 Å². The Morgan fingerprint density at radius 3 is 2.68 bits per heavy atom. The topological polar surface area (TPSA) is 41.7 Å². The van der Waals surface area contributed by atoms with Gasteiger partial charge in [-0.3, -0.25) is 4.90 Å². The Kier molecular flexibility index (Phi) is 5.70. The number of piperidine rings is 1. The van der Waals surface area contributed by atoms with Crippen molar-refractivity contribution in [2.75, 3.05) is 39.5 Å². The Labute approximate surface area is 134 Å². The maximum Gasteiger partial charge on any atom is 0.119 e. The van der Waals surface area contributed by atoms with Gasteiger partial charge >= 0.3 is 0 Å². The monoisotopic (exact) mass is 303 g/mol. The average molecular weight is 303 g/mol. The second-order valence-electron chi connectivity index (χ2n) is 6.52. The summed E-state index contributed by atoms with van der Waals surface area (Å²) in [6, 6.07) is 6.55. The second-order valence-corrected chi connectivity index (χ2v) is 6.52. The standard InChI is InChI=1S/C18H29N3O/c19-15-21-11-7-16-5-6-18(13-17(16)14-21)22-12-4-10-20-8-2-1-3-9-20/h5-6,13H,1-4,7-12,14-15,19H2. The van der Waals surface area contributed by atoms with Crippen LogP contribution < -0.4 is 10.5 Å². The first-order valence-corrected chi connectivity index (χ1v) is 8.74. The minimum atomic E-state index is 0.639. The highest BCUT2D eigenvalue weighted by atomic mass is 16.5. The molecule has 122 valence electrons. The van der Waals surface area contributed by atoms with Crippen LogP contribution in [0.3, 0.4) is 0 Å². The molecule has 0 saturated carbocycles. The number of ether oxygens (including phenoxy) is 1. The van der Waals surface area contributed by atoms with Gasteiger partial charge in [-0.2, -0.15) is 0 Å². The second kappa shape index (κ2) is 7.95. The molecule has 4 heteroatoms. The third-order valence-corrected chi connectivity index (χ3v) is 4.86. The van der Waals surface area contributed by atoms with E-state index in [-0.39, 0.29) is 0 Å². The number of benzene rings is 1. The van der Waals surface area contributed by atoms with Crippen molar-refractivity contribution in [2.45, 2.75) is 38.6 Å². The van der Waals surface area contributed by atoms with Gasteiger partial charge in [-0.25, -0.2) is 0 Å². The summed E-state index contributed by atoms with van der Waals surface area (Å²) in [5.74, 6) is 1.01. The molecule has 1 aromatic carbocycles. The van der Waals surface area contributed by atoms with E-state index < -0.39 is 0 Å². The summed E-state index contributed by atoms with van der Waals surface area (Å²) in [5.41, 5.74) is 8.59. The smallest absolute Gasteiger partial charge is 0.119 e. The summed E-state index contributed by atoms with van der Waals surface area (Å²) in [4.78, 5) is 4.85. The van der Waals surface area contributed by atoms with Crippen LogP contribution in [0.1, 0.15) is 36.8 Å². The summed E-state index contributed by atoms with van der Waals surface area (Å²) in [7, 11) is 0. The van der Waals surface area contributed by atoms with Gasteiger partial charge in [-0.1, -0.05) is 12.5 Å². The predicted molar refractivity (Wildman–Crippen MR) is 90.0 cm³/mol. The molecule has 1 aromatic rings. The van der Waals surface area contributed by atoms with Crippen LogP contribution in [-0.4, -0.2) is 49.3 Å². The van der Waals surface area contributed by atoms with E-state index in [4.69, 9.17) is 10.5 Å². The van der Waals surface area contributed by atoms with E-state index in [1.54, 1.807) is 0 Å². The van der Waals surface area contributed by atoms with Crippen molar-refractivity contribution in [3.8, 4) is 5.75 Å². The lowest BCUT2D eigenvalue weighted by Gasteiger charge is -2.27. The number of likely N-dealkylation sites (tertiary alicyclic amines) is 1. The molecule has 4 nitrogen and oxygen atoms in total. The largest absolute Gasteiger partial charge is 0.494 e. The Bertz CT molecular complexity index is 471. The fourth-order valence-corrected chi connectivity index (χ4v) is 3.50. The summed E-state index contributed by atoms with van der Waals surface area (Å²) < 4.78 is 5.96. The van der Waals surface area contributed by atoms with Crippen LogP contribution in [0.5, 0.6) is 5.75 Å². The molecule has 0 radical (unpaired) electrons. The third kappa shape index (κ3) is 4.22. The van der Waals surface area contributed by atoms with Gasteiger partial charge in [0.1, 0.15) is 5.75 Å². The first-order valence-electron chi connectivity index (χ1n) is 8.74. The van der Waals surface area contributed by atoms with Crippen LogP contribution in [-0.2, 0) is 13.0 Å². The maximum absolute atomic E-state index is 5.96. The van der Waals surface area contributed by atoms with Crippen molar-refractivity contribution >= 4 is 0 Å². The summed E-state index contributed by atoms with van der Waals surface area (Å²) in [6.45, 7) is 7.19. The molecule has 22 heavy (non-hydrogen) atoms. The highest BCUT2D eigenvalue weighted by Crippen LogP contribution is 2.23. The minimum absolute atomic E-state index is 0.639. The summed E-state index contributed by atoms with van der Waals surface area (Å²) >= 11 is 0. The Balaban J connectivity index is 1.44. The zero-order valence-electron chi connectivity index (χ0n) is 13.6. The lowest BCUT2D eigenvalue weighted by atomic mass is 10.00. The van der Waals surface area contributed by atoms with Gasteiger partial charge in [0.15, 0.2) is 0 Å². The SMILES string of the molecule is NCN1CCc2ccc(OCCCN3CCCCC3)cc2C1. The molecule has 2 aliphatic rings. The van der Waals surface area contributed by atoms with E-state index in [0.29, 0.717) is 6.67 Å². The van der Waals surface area contributed by atoms with Gasteiger partial charge < -0.3 is 15.4 Å². The first-order chi connectivity index (χ1) is 10.8. The number of hydrogen-bond acceptors (Lipinski definition) is 4. The molecule has 0 atom stereocenters. The number of rotatable bonds is 6. The van der Waals surface area contributed by atoms with Crippen molar-refractivity contribution < 1.29 is 4.74 Å². The lowest BCUT2D eigenvalue weighted by Crippen LogP contribution is -2.34. The van der Waals surface area contributed by atoms with E-state index >= 15 is 0 Å². The molecule has 0 bridgehead atoms. The van der Waals surface area contributed by atoms with Crippen LogP contribution in [0, 0.1) is 0 Å². The molecule has 2 aliphatic heterocycles. The molecular formula is C18H29N3O. The Morgan fingerprint density at radius 1 is 1.00 bits per heavy atom. The summed E-state index contributed by atoms with van der Waals surface area (Å²) in [6.07, 6.45) is 6.35. The molecule has 0 amide bonds. The molecule has 2 heterocycles. The van der Waals surface area contributed by atoms with Gasteiger partial charge in [0.25, 0.3) is 0 Å². The Hall–Kier alpha value is -1.10. The molecule has 0 unspecified atom stereocenters. The van der Waals surface area contributed by atoms with Crippen LogP contribution >= 0.6 is 0 Å². The molecule has 0 spiro atoms. The van der Waals surface area contributed by atoms with Crippen molar-refractivity contribution in [2.24, 2.45) is 5.73 Å². The first kappa shape index (κ1) is 15.8. The van der Waals surface area contributed by atoms with E-state index in [1.807, 2.05) is 0 Å². The fourth-order valence-electron chi connectivity index (χ4n) is 3.50. The fraction of sp³-hybridized carbons (Fsp3) is 0.667. The van der Waals surface area contributed by atoms with E-state index in [9.17, 15) is 0 Å². The number of nitrogens with two attached hydrogens (primary N) is 1. The van der Waals surface area contributed by atoms with Crippen molar-refractivity contribution in [1.29, 1.82) is 0 Å². The molecule has 1 fully saturated rings. The van der Waals surface area contributed by atoms with Gasteiger partial charge in [0.05, 0.1) is 6.61 Å². The number of nitrogens with zero attached hydrogens (tertiary/aromatic N) is 2. The molecular weight excluding hydrogens is 274 g/mol. The quantitative estimate of drug-likeness (QED) is 0.818. The zero-order chi connectivity index (χ0) is 15.2. The molecule has 0 aliphatic carbocycles. The van der Waals surface area contributed by atoms with E-state index in [2.05, 4.69) is 28.0 Å². The highest BCUT2D eigenvalue weighted by Gasteiger charge is 2.15. The predicted octanol–water partition coefficient (Wildman–Crippen LogP) is 2.22. The van der Waals surface area contributed by atoms with Gasteiger partial charge in [-0.05, 0) is 62.0 Å². The molecule has 1 saturated heterocycles. The summed E-state index contributed by atoms with van der Waals surface area (Å²) in [5, 5.41) is 0. The normalized spacial score (nSPS) is 19.9. The minimum Gasteiger partial charge on any atom is -0.494 e. The van der Waals surface area contributed by atoms with Gasteiger partial charge in [0, 0.05) is 26.3 Å². The zero-order valence-corrected chi connectivity index (χ0v) is 13.6. The van der Waals surface area contributed by atoms with Crippen LogP contribution in [0.15, 0.2) is 18.2 Å². The Morgan fingerprint density at radius 2 is 1.86 bits per heavy atom. The van der Waals surface area contributed by atoms with Gasteiger partial charge in [0.2, 0.25) is 0 Å². The average Bonchev–Trinajstić information content (AvgIpc) is 2.59. The van der Waals surface area contributed by atoms with Gasteiger partial charge in [-0.15, -0.1) is 0 Å². The van der Waals surface area contributed by atoms with Crippen LogP contribution in [0.4, 0.5) is 0 Å². The maximum atomic E-state index is 5.96. The number of hydrogen-bond donors (Lipinski definition) is 1. The van der Waals surface area contributed by atoms with Crippen LogP contribution in [0.2, 0.25) is 0 Å². The van der Waals surface area contributed by atoms with E-state index in [1.165, 1.54) is 50.0 Å².